The van der Waals surface area contributed by atoms with Gasteiger partial charge in [-0.25, -0.2) is 0 Å². The summed E-state index contributed by atoms with van der Waals surface area (Å²) in [6.45, 7) is 6.58. The predicted molar refractivity (Wildman–Crippen MR) is 141 cm³/mol. The number of anilines is 1. The van der Waals surface area contributed by atoms with Gasteiger partial charge < -0.3 is 15.0 Å². The summed E-state index contributed by atoms with van der Waals surface area (Å²) >= 11 is 5.33. The molecule has 2 aromatic carbocycles. The standard InChI is InChI=1S/C27H35N3O3S/c1-3-4-5-8-19-33-24-10-7-6-9-23(24)25(31)29-27(34)28-22-13-11-21(12-14-22)26(32)30-17-15-20(2)16-18-30/h6-7,9-14,20H,3-5,8,15-19H2,1-2H3,(H2,28,29,31,34). The molecule has 0 saturated carbocycles. The van der Waals surface area contributed by atoms with Gasteiger partial charge in [0.05, 0.1) is 12.2 Å². The first kappa shape index (κ1) is 25.7. The van der Waals surface area contributed by atoms with E-state index in [-0.39, 0.29) is 16.9 Å². The number of benzene rings is 2. The van der Waals surface area contributed by atoms with E-state index in [1.165, 1.54) is 12.8 Å². The van der Waals surface area contributed by atoms with Crippen molar-refractivity contribution in [2.45, 2.75) is 52.4 Å². The molecule has 7 heteroatoms. The highest BCUT2D eigenvalue weighted by Crippen LogP contribution is 2.20. The lowest BCUT2D eigenvalue weighted by atomic mass is 9.98. The lowest BCUT2D eigenvalue weighted by Crippen LogP contribution is -2.37. The summed E-state index contributed by atoms with van der Waals surface area (Å²) in [5.74, 6) is 0.957. The SMILES string of the molecule is CCCCCCOc1ccccc1C(=O)NC(=S)Nc1ccc(C(=O)N2CCC(C)CC2)cc1. The molecule has 1 aliphatic rings. The van der Waals surface area contributed by atoms with Gasteiger partial charge in [0.25, 0.3) is 11.8 Å². The van der Waals surface area contributed by atoms with E-state index < -0.39 is 0 Å². The van der Waals surface area contributed by atoms with E-state index in [0.29, 0.717) is 35.1 Å². The average Bonchev–Trinajstić information content (AvgIpc) is 2.84. The van der Waals surface area contributed by atoms with Crippen LogP contribution in [-0.4, -0.2) is 41.5 Å². The highest BCUT2D eigenvalue weighted by atomic mass is 32.1. The maximum atomic E-state index is 12.8. The zero-order valence-corrected chi connectivity index (χ0v) is 21.0. The number of unbranched alkanes of at least 4 members (excludes halogenated alkanes) is 3. The van der Waals surface area contributed by atoms with Crippen molar-refractivity contribution in [3.63, 3.8) is 0 Å². The van der Waals surface area contributed by atoms with Crippen molar-refractivity contribution in [1.29, 1.82) is 0 Å². The van der Waals surface area contributed by atoms with Crippen molar-refractivity contribution >= 4 is 34.8 Å². The lowest BCUT2D eigenvalue weighted by molar-refractivity contribution is 0.0697. The van der Waals surface area contributed by atoms with Crippen LogP contribution < -0.4 is 15.4 Å². The van der Waals surface area contributed by atoms with E-state index in [9.17, 15) is 9.59 Å². The second-order valence-electron chi connectivity index (χ2n) is 8.87. The minimum absolute atomic E-state index is 0.0561. The minimum Gasteiger partial charge on any atom is -0.493 e. The molecule has 1 saturated heterocycles. The number of thiocarbonyl (C=S) groups is 1. The Morgan fingerprint density at radius 3 is 2.44 bits per heavy atom. The summed E-state index contributed by atoms with van der Waals surface area (Å²) in [5, 5.41) is 5.92. The van der Waals surface area contributed by atoms with Crippen molar-refractivity contribution in [3.8, 4) is 5.75 Å². The lowest BCUT2D eigenvalue weighted by Gasteiger charge is -2.30. The summed E-state index contributed by atoms with van der Waals surface area (Å²) in [5.41, 5.74) is 1.80. The summed E-state index contributed by atoms with van der Waals surface area (Å²) in [4.78, 5) is 27.4. The number of hydrogen-bond donors (Lipinski definition) is 2. The van der Waals surface area contributed by atoms with E-state index in [1.807, 2.05) is 11.0 Å². The summed E-state index contributed by atoms with van der Waals surface area (Å²) in [6.07, 6.45) is 6.51. The fraction of sp³-hybridized carbons (Fsp3) is 0.444. The number of nitrogens with one attached hydrogen (secondary N) is 2. The highest BCUT2D eigenvalue weighted by molar-refractivity contribution is 7.80. The second kappa shape index (κ2) is 13.1. The number of nitrogens with zero attached hydrogens (tertiary/aromatic N) is 1. The molecule has 0 aliphatic carbocycles. The van der Waals surface area contributed by atoms with Crippen LogP contribution >= 0.6 is 12.2 Å². The summed E-state index contributed by atoms with van der Waals surface area (Å²) in [6, 6.07) is 14.3. The molecule has 0 bridgehead atoms. The van der Waals surface area contributed by atoms with E-state index in [0.717, 1.165) is 38.8 Å². The molecule has 2 N–H and O–H groups in total. The Balaban J connectivity index is 1.51. The number of para-hydroxylation sites is 1. The Labute approximate surface area is 208 Å². The molecular formula is C27H35N3O3S. The van der Waals surface area contributed by atoms with Gasteiger partial charge in [-0.1, -0.05) is 45.2 Å². The maximum Gasteiger partial charge on any atom is 0.261 e. The Morgan fingerprint density at radius 2 is 1.74 bits per heavy atom. The van der Waals surface area contributed by atoms with Crippen LogP contribution in [0.15, 0.2) is 48.5 Å². The van der Waals surface area contributed by atoms with E-state index >= 15 is 0 Å². The maximum absolute atomic E-state index is 12.8. The van der Waals surface area contributed by atoms with Crippen LogP contribution in [0.1, 0.15) is 73.1 Å². The van der Waals surface area contributed by atoms with Crippen LogP contribution in [0.5, 0.6) is 5.75 Å². The van der Waals surface area contributed by atoms with Crippen molar-refractivity contribution in [3.05, 3.63) is 59.7 Å². The van der Waals surface area contributed by atoms with Gasteiger partial charge in [0.2, 0.25) is 0 Å². The van der Waals surface area contributed by atoms with Crippen molar-refractivity contribution < 1.29 is 14.3 Å². The third-order valence-corrected chi connectivity index (χ3v) is 6.28. The topological polar surface area (TPSA) is 70.7 Å². The quantitative estimate of drug-likeness (QED) is 0.358. The predicted octanol–water partition coefficient (Wildman–Crippen LogP) is 5.64. The van der Waals surface area contributed by atoms with Crippen LogP contribution in [0.4, 0.5) is 5.69 Å². The minimum atomic E-state index is -0.326. The number of likely N-dealkylation sites (tertiary alicyclic amines) is 1. The number of hydrogen-bond acceptors (Lipinski definition) is 4. The molecule has 0 radical (unpaired) electrons. The number of piperidine rings is 1. The van der Waals surface area contributed by atoms with Gasteiger partial charge >= 0.3 is 0 Å². The van der Waals surface area contributed by atoms with Gasteiger partial charge in [0.1, 0.15) is 5.75 Å². The first-order valence-corrected chi connectivity index (χ1v) is 12.6. The molecule has 6 nitrogen and oxygen atoms in total. The highest BCUT2D eigenvalue weighted by Gasteiger charge is 2.21. The van der Waals surface area contributed by atoms with Crippen LogP contribution in [0.2, 0.25) is 0 Å². The third-order valence-electron chi connectivity index (χ3n) is 6.07. The molecular weight excluding hydrogens is 446 g/mol. The van der Waals surface area contributed by atoms with Crippen LogP contribution in [0, 0.1) is 5.92 Å². The normalized spacial score (nSPS) is 13.9. The van der Waals surface area contributed by atoms with Crippen LogP contribution in [-0.2, 0) is 0 Å². The van der Waals surface area contributed by atoms with Crippen LogP contribution in [0.3, 0.4) is 0 Å². The fourth-order valence-corrected chi connectivity index (χ4v) is 4.12. The van der Waals surface area contributed by atoms with E-state index in [2.05, 4.69) is 24.5 Å². The van der Waals surface area contributed by atoms with Crippen molar-refractivity contribution in [2.24, 2.45) is 5.92 Å². The number of carbonyl (C=O) groups is 2. The zero-order chi connectivity index (χ0) is 24.3. The molecule has 2 aromatic rings. The number of rotatable bonds is 9. The molecule has 0 atom stereocenters. The van der Waals surface area contributed by atoms with Crippen molar-refractivity contribution in [2.75, 3.05) is 25.0 Å². The molecule has 34 heavy (non-hydrogen) atoms. The van der Waals surface area contributed by atoms with Gasteiger partial charge in [0.15, 0.2) is 5.11 Å². The summed E-state index contributed by atoms with van der Waals surface area (Å²) in [7, 11) is 0. The van der Waals surface area contributed by atoms with Gasteiger partial charge in [-0.15, -0.1) is 0 Å². The molecule has 2 amide bonds. The van der Waals surface area contributed by atoms with E-state index in [1.54, 1.807) is 42.5 Å². The van der Waals surface area contributed by atoms with Gasteiger partial charge in [-0.05, 0) is 73.8 Å². The number of carbonyl (C=O) groups excluding carboxylic acids is 2. The largest absolute Gasteiger partial charge is 0.493 e. The Morgan fingerprint density at radius 1 is 1.03 bits per heavy atom. The molecule has 0 aromatic heterocycles. The van der Waals surface area contributed by atoms with Gasteiger partial charge in [-0.2, -0.15) is 0 Å². The fourth-order valence-electron chi connectivity index (χ4n) is 3.91. The smallest absolute Gasteiger partial charge is 0.261 e. The Bertz CT molecular complexity index is 969. The molecule has 0 unspecified atom stereocenters. The first-order valence-electron chi connectivity index (χ1n) is 12.2. The Hall–Kier alpha value is -2.93. The van der Waals surface area contributed by atoms with Crippen LogP contribution in [0.25, 0.3) is 0 Å². The molecule has 1 heterocycles. The molecule has 1 aliphatic heterocycles. The molecule has 3 rings (SSSR count). The second-order valence-corrected chi connectivity index (χ2v) is 9.27. The van der Waals surface area contributed by atoms with Gasteiger partial charge in [-0.3, -0.25) is 14.9 Å². The molecule has 0 spiro atoms. The number of ether oxygens (including phenoxy) is 1. The van der Waals surface area contributed by atoms with E-state index in [4.69, 9.17) is 17.0 Å². The van der Waals surface area contributed by atoms with Crippen molar-refractivity contribution in [1.82, 2.24) is 10.2 Å². The summed E-state index contributed by atoms with van der Waals surface area (Å²) < 4.78 is 5.84. The monoisotopic (exact) mass is 481 g/mol. The Kier molecular flexibility index (Phi) is 9.89. The molecule has 1 fully saturated rings. The zero-order valence-electron chi connectivity index (χ0n) is 20.1. The molecule has 182 valence electrons. The average molecular weight is 482 g/mol. The number of amides is 2. The first-order chi connectivity index (χ1) is 16.5. The van der Waals surface area contributed by atoms with Gasteiger partial charge in [0, 0.05) is 24.3 Å². The third kappa shape index (κ3) is 7.55.